The predicted molar refractivity (Wildman–Crippen MR) is 107 cm³/mol. The lowest BCUT2D eigenvalue weighted by Gasteiger charge is -2.16. The van der Waals surface area contributed by atoms with Crippen molar-refractivity contribution in [3.8, 4) is 0 Å². The minimum absolute atomic E-state index is 0.424. The van der Waals surface area contributed by atoms with Crippen molar-refractivity contribution in [1.82, 2.24) is 9.97 Å². The van der Waals surface area contributed by atoms with Crippen LogP contribution in [0.3, 0.4) is 0 Å². The van der Waals surface area contributed by atoms with Crippen LogP contribution in [0.5, 0.6) is 0 Å². The van der Waals surface area contributed by atoms with Crippen LogP contribution in [0, 0.1) is 6.92 Å². The molecule has 136 valence electrons. The lowest BCUT2D eigenvalue weighted by atomic mass is 9.79. The highest BCUT2D eigenvalue weighted by Gasteiger charge is 2.35. The Morgan fingerprint density at radius 2 is 1.96 bits per heavy atom. The highest BCUT2D eigenvalue weighted by atomic mass is 35.5. The van der Waals surface area contributed by atoms with Crippen LogP contribution in [0.4, 0.5) is 11.8 Å². The maximum atomic E-state index is 10.0. The molecular weight excluding hydrogens is 363 g/mol. The number of aromatic nitrogens is 2. The number of rotatable bonds is 5. The van der Waals surface area contributed by atoms with Crippen LogP contribution in [-0.4, -0.2) is 22.1 Å². The standard InChI is InChI=1S/C19H18BClN4O2/c1-12-10-23-19(24-17(12)22-11-13-6-8-14(21)9-7-13)25-18-15-4-2-3-5-16(15)20(26)27-18/h2-10,18,26H,11H2,1H3,(H2,22,23,24,25). The summed E-state index contributed by atoms with van der Waals surface area (Å²) in [4.78, 5) is 8.87. The summed E-state index contributed by atoms with van der Waals surface area (Å²) in [6, 6.07) is 15.2. The number of aryl methyl sites for hydroxylation is 1. The number of halogens is 1. The predicted octanol–water partition coefficient (Wildman–Crippen LogP) is 2.88. The van der Waals surface area contributed by atoms with Crippen LogP contribution in [0.2, 0.25) is 5.02 Å². The lowest BCUT2D eigenvalue weighted by molar-refractivity contribution is 0.215. The van der Waals surface area contributed by atoms with Gasteiger partial charge in [-0.05, 0) is 35.6 Å². The van der Waals surface area contributed by atoms with Crippen molar-refractivity contribution in [3.63, 3.8) is 0 Å². The monoisotopic (exact) mass is 380 g/mol. The molecule has 8 heteroatoms. The van der Waals surface area contributed by atoms with Crippen molar-refractivity contribution < 1.29 is 9.68 Å². The Hall–Kier alpha value is -2.61. The molecular formula is C19H18BClN4O2. The number of anilines is 2. The van der Waals surface area contributed by atoms with Gasteiger partial charge in [-0.3, -0.25) is 0 Å². The molecule has 0 radical (unpaired) electrons. The Morgan fingerprint density at radius 3 is 2.78 bits per heavy atom. The summed E-state index contributed by atoms with van der Waals surface area (Å²) in [5.74, 6) is 1.15. The first-order chi connectivity index (χ1) is 13.1. The summed E-state index contributed by atoms with van der Waals surface area (Å²) >= 11 is 5.92. The van der Waals surface area contributed by atoms with Crippen molar-refractivity contribution >= 4 is 35.9 Å². The van der Waals surface area contributed by atoms with Gasteiger partial charge in [0.15, 0.2) is 0 Å². The molecule has 0 aliphatic carbocycles. The maximum absolute atomic E-state index is 10.0. The first-order valence-electron chi connectivity index (χ1n) is 8.61. The van der Waals surface area contributed by atoms with E-state index < -0.39 is 13.3 Å². The second-order valence-electron chi connectivity index (χ2n) is 6.35. The second kappa shape index (κ2) is 7.56. The van der Waals surface area contributed by atoms with Crippen LogP contribution in [0.1, 0.15) is 22.9 Å². The molecule has 1 unspecified atom stereocenters. The summed E-state index contributed by atoms with van der Waals surface area (Å²) in [5, 5.41) is 17.2. The van der Waals surface area contributed by atoms with Crippen LogP contribution in [-0.2, 0) is 11.2 Å². The van der Waals surface area contributed by atoms with Crippen LogP contribution < -0.4 is 16.1 Å². The van der Waals surface area contributed by atoms with Gasteiger partial charge in [-0.1, -0.05) is 48.0 Å². The number of fused-ring (bicyclic) bond motifs is 1. The van der Waals surface area contributed by atoms with E-state index >= 15 is 0 Å². The van der Waals surface area contributed by atoms with E-state index in [2.05, 4.69) is 20.6 Å². The number of nitrogens with zero attached hydrogens (tertiary/aromatic N) is 2. The largest absolute Gasteiger partial charge is 0.493 e. The molecule has 0 bridgehead atoms. The zero-order chi connectivity index (χ0) is 18.8. The molecule has 0 saturated heterocycles. The fourth-order valence-electron chi connectivity index (χ4n) is 2.96. The third kappa shape index (κ3) is 3.90. The van der Waals surface area contributed by atoms with Gasteiger partial charge in [0.25, 0.3) is 0 Å². The number of hydrogen-bond acceptors (Lipinski definition) is 6. The van der Waals surface area contributed by atoms with Gasteiger partial charge in [0.2, 0.25) is 5.95 Å². The number of hydrogen-bond donors (Lipinski definition) is 3. The van der Waals surface area contributed by atoms with Gasteiger partial charge in [-0.2, -0.15) is 4.98 Å². The van der Waals surface area contributed by atoms with Crippen molar-refractivity contribution in [2.45, 2.75) is 19.7 Å². The zero-order valence-electron chi connectivity index (χ0n) is 14.7. The summed E-state index contributed by atoms with van der Waals surface area (Å²) < 4.78 is 5.58. The van der Waals surface area contributed by atoms with E-state index in [4.69, 9.17) is 16.3 Å². The van der Waals surface area contributed by atoms with Gasteiger partial charge in [0.05, 0.1) is 0 Å². The summed E-state index contributed by atoms with van der Waals surface area (Å²) in [6.45, 7) is 2.56. The molecule has 1 aliphatic heterocycles. The molecule has 1 aromatic heterocycles. The highest BCUT2D eigenvalue weighted by Crippen LogP contribution is 2.25. The quantitative estimate of drug-likeness (QED) is 0.591. The van der Waals surface area contributed by atoms with E-state index in [1.165, 1.54) is 0 Å². The van der Waals surface area contributed by atoms with Crippen molar-refractivity contribution in [1.29, 1.82) is 0 Å². The van der Waals surface area contributed by atoms with E-state index in [0.717, 1.165) is 28.0 Å². The molecule has 0 amide bonds. The fraction of sp³-hybridized carbons (Fsp3) is 0.158. The van der Waals surface area contributed by atoms with Gasteiger partial charge < -0.3 is 20.3 Å². The normalized spacial score (nSPS) is 15.5. The van der Waals surface area contributed by atoms with E-state index in [9.17, 15) is 5.02 Å². The Bertz CT molecular complexity index is 955. The Kier molecular flexibility index (Phi) is 4.98. The molecule has 6 nitrogen and oxygen atoms in total. The summed E-state index contributed by atoms with van der Waals surface area (Å²) in [7, 11) is -0.952. The minimum Gasteiger partial charge on any atom is -0.423 e. The van der Waals surface area contributed by atoms with Gasteiger partial charge in [-0.25, -0.2) is 4.98 Å². The summed E-state index contributed by atoms with van der Waals surface area (Å²) in [6.07, 6.45) is 1.25. The van der Waals surface area contributed by atoms with Gasteiger partial charge in [-0.15, -0.1) is 0 Å². The van der Waals surface area contributed by atoms with E-state index in [-0.39, 0.29) is 0 Å². The number of nitrogens with one attached hydrogen (secondary N) is 2. The molecule has 3 N–H and O–H groups in total. The van der Waals surface area contributed by atoms with E-state index in [1.807, 2.05) is 55.5 Å². The fourth-order valence-corrected chi connectivity index (χ4v) is 3.08. The Morgan fingerprint density at radius 1 is 1.19 bits per heavy atom. The average molecular weight is 381 g/mol. The van der Waals surface area contributed by atoms with Crippen molar-refractivity contribution in [3.05, 3.63) is 76.4 Å². The molecule has 3 aromatic rings. The maximum Gasteiger partial charge on any atom is 0.493 e. The molecule has 1 atom stereocenters. The molecule has 1 aliphatic rings. The smallest absolute Gasteiger partial charge is 0.423 e. The number of benzene rings is 2. The highest BCUT2D eigenvalue weighted by molar-refractivity contribution is 6.61. The molecule has 27 heavy (non-hydrogen) atoms. The lowest BCUT2D eigenvalue weighted by Crippen LogP contribution is -2.27. The van der Waals surface area contributed by atoms with Crippen LogP contribution in [0.25, 0.3) is 0 Å². The van der Waals surface area contributed by atoms with E-state index in [1.54, 1.807) is 6.20 Å². The second-order valence-corrected chi connectivity index (χ2v) is 6.78. The topological polar surface area (TPSA) is 79.3 Å². The zero-order valence-corrected chi connectivity index (χ0v) is 15.4. The van der Waals surface area contributed by atoms with E-state index in [0.29, 0.717) is 17.5 Å². The Balaban J connectivity index is 1.48. The van der Waals surface area contributed by atoms with Crippen LogP contribution in [0.15, 0.2) is 54.7 Å². The van der Waals surface area contributed by atoms with Gasteiger partial charge in [0, 0.05) is 23.3 Å². The van der Waals surface area contributed by atoms with Crippen LogP contribution >= 0.6 is 11.6 Å². The third-order valence-electron chi connectivity index (χ3n) is 4.41. The molecule has 2 heterocycles. The minimum atomic E-state index is -0.952. The Labute approximate surface area is 162 Å². The summed E-state index contributed by atoms with van der Waals surface area (Å²) in [5.41, 5.74) is 3.67. The van der Waals surface area contributed by atoms with Gasteiger partial charge >= 0.3 is 7.12 Å². The third-order valence-corrected chi connectivity index (χ3v) is 4.67. The van der Waals surface area contributed by atoms with Gasteiger partial charge in [0.1, 0.15) is 12.0 Å². The molecule has 0 fully saturated rings. The van der Waals surface area contributed by atoms with Crippen molar-refractivity contribution in [2.75, 3.05) is 10.6 Å². The van der Waals surface area contributed by atoms with Crippen molar-refractivity contribution in [2.24, 2.45) is 0 Å². The molecule has 4 rings (SSSR count). The first kappa shape index (κ1) is 17.8. The SMILES string of the molecule is Cc1cnc(NC2OB(O)c3ccccc32)nc1NCc1ccc(Cl)cc1. The molecule has 0 spiro atoms. The average Bonchev–Trinajstić information content (AvgIpc) is 2.99. The molecule has 2 aromatic carbocycles. The molecule has 0 saturated carbocycles. The first-order valence-corrected chi connectivity index (χ1v) is 8.99.